The molecule has 0 aliphatic rings. The third-order valence-electron chi connectivity index (χ3n) is 5.89. The van der Waals surface area contributed by atoms with Crippen LogP contribution in [0.4, 0.5) is 15.9 Å². The zero-order valence-electron chi connectivity index (χ0n) is 20.1. The van der Waals surface area contributed by atoms with Crippen LogP contribution in [0.3, 0.4) is 0 Å². The first-order valence-corrected chi connectivity index (χ1v) is 12.8. The summed E-state index contributed by atoms with van der Waals surface area (Å²) in [6, 6.07) is 11.7. The van der Waals surface area contributed by atoms with Crippen molar-refractivity contribution in [1.29, 1.82) is 0 Å². The topological polar surface area (TPSA) is 111 Å². The molecule has 0 saturated carbocycles. The highest BCUT2D eigenvalue weighted by atomic mass is 35.5. The second-order valence-electron chi connectivity index (χ2n) is 8.39. The molecule has 0 aliphatic carbocycles. The number of benzene rings is 2. The smallest absolute Gasteiger partial charge is 0.219 e. The molecule has 0 atom stereocenters. The maximum absolute atomic E-state index is 14.1. The molecule has 4 N–H and O–H groups in total. The van der Waals surface area contributed by atoms with E-state index in [-0.39, 0.29) is 33.8 Å². The van der Waals surface area contributed by atoms with Gasteiger partial charge in [0.1, 0.15) is 5.82 Å². The van der Waals surface area contributed by atoms with E-state index in [1.807, 2.05) is 25.3 Å². The van der Waals surface area contributed by atoms with Crippen molar-refractivity contribution in [2.24, 2.45) is 0 Å². The molecule has 0 radical (unpaired) electrons. The predicted molar refractivity (Wildman–Crippen MR) is 146 cm³/mol. The lowest BCUT2D eigenvalue weighted by Gasteiger charge is -2.11. The second-order valence-corrected chi connectivity index (χ2v) is 9.41. The van der Waals surface area contributed by atoms with Crippen molar-refractivity contribution in [3.63, 3.8) is 0 Å². The first-order valence-electron chi connectivity index (χ1n) is 11.2. The molecule has 5 rings (SSSR count). The third-order valence-corrected chi connectivity index (χ3v) is 6.61. The number of H-pyrrole nitrogens is 1. The SMILES string of the molecule is CSNc1cc2[nH]c(C(=O)c3cnn(-c4cnc(Oc5c(F)cccc5Cl)cc4C)c3N)cc2cc1C. The van der Waals surface area contributed by atoms with Gasteiger partial charge in [0.25, 0.3) is 0 Å². The van der Waals surface area contributed by atoms with Gasteiger partial charge in [-0.25, -0.2) is 14.1 Å². The summed E-state index contributed by atoms with van der Waals surface area (Å²) in [6.07, 6.45) is 4.87. The Bertz CT molecular complexity index is 1640. The van der Waals surface area contributed by atoms with Gasteiger partial charge in [0.2, 0.25) is 11.7 Å². The van der Waals surface area contributed by atoms with Crippen molar-refractivity contribution in [3.8, 4) is 17.3 Å². The van der Waals surface area contributed by atoms with Gasteiger partial charge in [-0.15, -0.1) is 0 Å². The number of nitrogens with zero attached hydrogens (tertiary/aromatic N) is 3. The number of para-hydroxylation sites is 1. The Balaban J connectivity index is 1.43. The maximum Gasteiger partial charge on any atom is 0.219 e. The molecule has 5 aromatic rings. The number of aromatic nitrogens is 4. The number of carbonyl (C=O) groups is 1. The van der Waals surface area contributed by atoms with Gasteiger partial charge in [0.15, 0.2) is 11.6 Å². The zero-order valence-corrected chi connectivity index (χ0v) is 21.7. The number of aryl methyl sites for hydroxylation is 2. The lowest BCUT2D eigenvalue weighted by molar-refractivity contribution is 0.103. The van der Waals surface area contributed by atoms with Gasteiger partial charge in [-0.05, 0) is 55.3 Å². The van der Waals surface area contributed by atoms with Crippen LogP contribution in [0.1, 0.15) is 27.2 Å². The van der Waals surface area contributed by atoms with Crippen molar-refractivity contribution < 1.29 is 13.9 Å². The number of carbonyl (C=O) groups excluding carboxylic acids is 1. The number of nitrogens with two attached hydrogens (primary N) is 1. The molecule has 0 saturated heterocycles. The number of hydrogen-bond acceptors (Lipinski definition) is 7. The Kier molecular flexibility index (Phi) is 6.53. The van der Waals surface area contributed by atoms with E-state index in [1.54, 1.807) is 19.1 Å². The van der Waals surface area contributed by atoms with Crippen LogP contribution in [0.2, 0.25) is 5.02 Å². The summed E-state index contributed by atoms with van der Waals surface area (Å²) in [6.45, 7) is 3.81. The highest BCUT2D eigenvalue weighted by Crippen LogP contribution is 2.33. The molecule has 3 aromatic heterocycles. The average Bonchev–Trinajstić information content (AvgIpc) is 3.45. The fourth-order valence-electron chi connectivity index (χ4n) is 3.99. The summed E-state index contributed by atoms with van der Waals surface area (Å²) in [7, 11) is 0. The molecule has 188 valence electrons. The number of pyridine rings is 1. The fraction of sp³-hybridized carbons (Fsp3) is 0.115. The Morgan fingerprint density at radius 2 is 2.00 bits per heavy atom. The van der Waals surface area contributed by atoms with Gasteiger partial charge in [0.05, 0.1) is 34.4 Å². The highest BCUT2D eigenvalue weighted by molar-refractivity contribution is 7.99. The Morgan fingerprint density at radius 3 is 2.73 bits per heavy atom. The minimum Gasteiger partial charge on any atom is -0.434 e. The zero-order chi connectivity index (χ0) is 26.3. The fourth-order valence-corrected chi connectivity index (χ4v) is 4.63. The van der Waals surface area contributed by atoms with Gasteiger partial charge < -0.3 is 20.2 Å². The van der Waals surface area contributed by atoms with Crippen molar-refractivity contribution in [3.05, 3.63) is 88.1 Å². The quantitative estimate of drug-likeness (QED) is 0.162. The maximum atomic E-state index is 14.1. The molecule has 3 heterocycles. The summed E-state index contributed by atoms with van der Waals surface area (Å²) in [5.74, 6) is -0.671. The van der Waals surface area contributed by atoms with E-state index in [0.29, 0.717) is 16.9 Å². The lowest BCUT2D eigenvalue weighted by Crippen LogP contribution is -2.09. The van der Waals surface area contributed by atoms with Crippen molar-refractivity contribution in [2.45, 2.75) is 13.8 Å². The number of hydrogen-bond donors (Lipinski definition) is 3. The number of anilines is 2. The minimum absolute atomic E-state index is 0.111. The molecule has 2 aromatic carbocycles. The van der Waals surface area contributed by atoms with E-state index < -0.39 is 5.82 Å². The summed E-state index contributed by atoms with van der Waals surface area (Å²) in [5.41, 5.74) is 11.1. The summed E-state index contributed by atoms with van der Waals surface area (Å²) >= 11 is 7.54. The highest BCUT2D eigenvalue weighted by Gasteiger charge is 2.21. The van der Waals surface area contributed by atoms with Gasteiger partial charge in [-0.2, -0.15) is 5.10 Å². The van der Waals surface area contributed by atoms with E-state index in [1.165, 1.54) is 47.2 Å². The summed E-state index contributed by atoms with van der Waals surface area (Å²) in [4.78, 5) is 20.7. The second kappa shape index (κ2) is 9.79. The van der Waals surface area contributed by atoms with Crippen LogP contribution in [0.5, 0.6) is 11.6 Å². The molecule has 11 heteroatoms. The Labute approximate surface area is 221 Å². The van der Waals surface area contributed by atoms with Gasteiger partial charge >= 0.3 is 0 Å². The lowest BCUT2D eigenvalue weighted by atomic mass is 10.1. The molecule has 0 amide bonds. The number of aromatic amines is 1. The van der Waals surface area contributed by atoms with E-state index in [2.05, 4.69) is 19.8 Å². The molecule has 0 unspecified atom stereocenters. The van der Waals surface area contributed by atoms with Crippen LogP contribution in [0.25, 0.3) is 16.6 Å². The van der Waals surface area contributed by atoms with Crippen LogP contribution in [0.15, 0.2) is 54.9 Å². The number of nitrogen functional groups attached to an aromatic ring is 1. The van der Waals surface area contributed by atoms with Gasteiger partial charge in [0, 0.05) is 28.9 Å². The van der Waals surface area contributed by atoms with E-state index in [0.717, 1.165) is 22.2 Å². The number of ketones is 1. The molecule has 0 spiro atoms. The van der Waals surface area contributed by atoms with E-state index in [9.17, 15) is 9.18 Å². The molecule has 0 bridgehead atoms. The molecule has 0 aliphatic heterocycles. The van der Waals surface area contributed by atoms with Crippen molar-refractivity contribution in [2.75, 3.05) is 16.7 Å². The third kappa shape index (κ3) is 4.61. The van der Waals surface area contributed by atoms with Gasteiger partial charge in [-0.3, -0.25) is 4.79 Å². The Hall–Kier alpha value is -4.02. The number of ether oxygens (including phenoxy) is 1. The standard InChI is InChI=1S/C26H22ClFN6O2S/c1-13-7-15-9-21(32-20(15)10-19(13)33-37-3)24(35)16-11-31-34(26(16)29)22-12-30-23(8-14(22)2)36-25-17(27)5-4-6-18(25)28/h4-12,32-33H,29H2,1-3H3. The summed E-state index contributed by atoms with van der Waals surface area (Å²) < 4.78 is 24.3. The van der Waals surface area contributed by atoms with Crippen LogP contribution in [-0.4, -0.2) is 31.8 Å². The normalized spacial score (nSPS) is 11.2. The number of fused-ring (bicyclic) bond motifs is 1. The van der Waals surface area contributed by atoms with Crippen molar-refractivity contribution in [1.82, 2.24) is 19.7 Å². The van der Waals surface area contributed by atoms with Crippen LogP contribution < -0.4 is 15.2 Å². The molecular weight excluding hydrogens is 515 g/mol. The van der Waals surface area contributed by atoms with E-state index in [4.69, 9.17) is 22.1 Å². The van der Waals surface area contributed by atoms with Crippen molar-refractivity contribution >= 4 is 51.7 Å². The molecular formula is C26H22ClFN6O2S. The molecule has 8 nitrogen and oxygen atoms in total. The van der Waals surface area contributed by atoms with Crippen LogP contribution in [-0.2, 0) is 0 Å². The largest absolute Gasteiger partial charge is 0.434 e. The average molecular weight is 537 g/mol. The molecule has 0 fully saturated rings. The number of rotatable bonds is 7. The van der Waals surface area contributed by atoms with Crippen LogP contribution >= 0.6 is 23.5 Å². The Morgan fingerprint density at radius 1 is 1.19 bits per heavy atom. The predicted octanol–water partition coefficient (Wildman–Crippen LogP) is 6.45. The van der Waals surface area contributed by atoms with E-state index >= 15 is 0 Å². The minimum atomic E-state index is -0.598. The number of nitrogens with one attached hydrogen (secondary N) is 2. The first-order chi connectivity index (χ1) is 17.8. The van der Waals surface area contributed by atoms with Crippen LogP contribution in [0, 0.1) is 19.7 Å². The monoisotopic (exact) mass is 536 g/mol. The summed E-state index contributed by atoms with van der Waals surface area (Å²) in [5, 5.41) is 5.38. The number of halogens is 2. The first kappa shape index (κ1) is 24.7. The van der Waals surface area contributed by atoms with Gasteiger partial charge in [-0.1, -0.05) is 29.6 Å². The molecule has 37 heavy (non-hydrogen) atoms.